The molecule has 1 aliphatic rings. The van der Waals surface area contributed by atoms with E-state index in [0.29, 0.717) is 6.04 Å². The van der Waals surface area contributed by atoms with Crippen molar-refractivity contribution in [1.82, 2.24) is 15.5 Å². The van der Waals surface area contributed by atoms with Gasteiger partial charge in [0.05, 0.1) is 0 Å². The first kappa shape index (κ1) is 22.2. The number of hydrogen-bond acceptors (Lipinski definition) is 3. The smallest absolute Gasteiger partial charge is 0.224 e. The molecule has 2 N–H and O–H groups in total. The summed E-state index contributed by atoms with van der Waals surface area (Å²) in [5, 5.41) is 6.11. The quantitative estimate of drug-likeness (QED) is 0.816. The normalized spacial score (nSPS) is 16.3. The van der Waals surface area contributed by atoms with Crippen LogP contribution in [0.3, 0.4) is 0 Å². The monoisotopic (exact) mass is 361 g/mol. The summed E-state index contributed by atoms with van der Waals surface area (Å²) in [6.07, 6.45) is 1.10. The van der Waals surface area contributed by atoms with Crippen LogP contribution in [-0.4, -0.2) is 43.5 Å². The van der Waals surface area contributed by atoms with Crippen molar-refractivity contribution in [3.63, 3.8) is 0 Å². The number of benzene rings is 1. The van der Waals surface area contributed by atoms with Crippen molar-refractivity contribution < 1.29 is 4.79 Å². The van der Waals surface area contributed by atoms with E-state index >= 15 is 0 Å². The highest BCUT2D eigenvalue weighted by Gasteiger charge is 2.21. The molecule has 0 bridgehead atoms. The van der Waals surface area contributed by atoms with Crippen LogP contribution >= 0.6 is 24.8 Å². The van der Waals surface area contributed by atoms with E-state index in [-0.39, 0.29) is 36.6 Å². The van der Waals surface area contributed by atoms with Gasteiger partial charge in [-0.05, 0) is 31.5 Å². The maximum absolute atomic E-state index is 11.9. The van der Waals surface area contributed by atoms with E-state index in [4.69, 9.17) is 0 Å². The number of halogens is 2. The Morgan fingerprint density at radius 2 is 1.83 bits per heavy atom. The highest BCUT2D eigenvalue weighted by molar-refractivity contribution is 5.85. The number of carbonyl (C=O) groups excluding carboxylic acids is 1. The van der Waals surface area contributed by atoms with Gasteiger partial charge in [-0.3, -0.25) is 9.69 Å². The molecule has 2 unspecified atom stereocenters. The fourth-order valence-corrected chi connectivity index (χ4v) is 2.84. The molecule has 1 aliphatic heterocycles. The Hall–Kier alpha value is -0.810. The predicted octanol–water partition coefficient (Wildman–Crippen LogP) is 2.25. The van der Waals surface area contributed by atoms with Crippen LogP contribution < -0.4 is 10.6 Å². The van der Waals surface area contributed by atoms with E-state index < -0.39 is 0 Å². The summed E-state index contributed by atoms with van der Waals surface area (Å²) in [5.74, 6) is 0.151. The minimum atomic E-state index is 0. The Balaban J connectivity index is 0.00000242. The highest BCUT2D eigenvalue weighted by Crippen LogP contribution is 2.19. The lowest BCUT2D eigenvalue weighted by Gasteiger charge is -2.34. The molecule has 0 spiro atoms. The standard InChI is InChI=1S/C17H27N3O.2ClH/c1-13(10-18-3)17(21)19-11-14(2)20-9-8-15-6-4-5-7-16(15)12-20;;/h4-7,13-14,18H,8-12H2,1-3H3,(H,19,21);2*1H. The summed E-state index contributed by atoms with van der Waals surface area (Å²) in [4.78, 5) is 14.4. The van der Waals surface area contributed by atoms with Gasteiger partial charge in [-0.2, -0.15) is 0 Å². The molecule has 1 heterocycles. The van der Waals surface area contributed by atoms with Crippen molar-refractivity contribution in [2.24, 2.45) is 5.92 Å². The van der Waals surface area contributed by atoms with Gasteiger partial charge in [0.1, 0.15) is 0 Å². The third kappa shape index (κ3) is 6.30. The van der Waals surface area contributed by atoms with Gasteiger partial charge in [0.15, 0.2) is 0 Å². The fraction of sp³-hybridized carbons (Fsp3) is 0.588. The van der Waals surface area contributed by atoms with Crippen LogP contribution in [0.5, 0.6) is 0 Å². The molecule has 0 radical (unpaired) electrons. The van der Waals surface area contributed by atoms with Gasteiger partial charge in [-0.25, -0.2) is 0 Å². The molecule has 0 saturated heterocycles. The zero-order chi connectivity index (χ0) is 15.2. The molecule has 0 aliphatic carbocycles. The average Bonchev–Trinajstić information content (AvgIpc) is 2.52. The van der Waals surface area contributed by atoms with Crippen LogP contribution in [0.15, 0.2) is 24.3 Å². The van der Waals surface area contributed by atoms with Gasteiger partial charge in [0.2, 0.25) is 5.91 Å². The molecule has 0 aromatic heterocycles. The summed E-state index contributed by atoms with van der Waals surface area (Å²) in [7, 11) is 1.87. The van der Waals surface area contributed by atoms with Crippen LogP contribution in [-0.2, 0) is 17.8 Å². The number of hydrogen-bond donors (Lipinski definition) is 2. The Kier molecular flexibility index (Phi) is 10.5. The van der Waals surface area contributed by atoms with Gasteiger partial charge in [-0.1, -0.05) is 31.2 Å². The Morgan fingerprint density at radius 3 is 2.48 bits per heavy atom. The molecule has 2 rings (SSSR count). The zero-order valence-corrected chi connectivity index (χ0v) is 15.8. The van der Waals surface area contributed by atoms with E-state index in [2.05, 4.69) is 46.7 Å². The van der Waals surface area contributed by atoms with Gasteiger partial charge in [0.25, 0.3) is 0 Å². The maximum Gasteiger partial charge on any atom is 0.224 e. The predicted molar refractivity (Wildman–Crippen MR) is 101 cm³/mol. The third-order valence-electron chi connectivity index (χ3n) is 4.31. The first-order valence-corrected chi connectivity index (χ1v) is 7.85. The van der Waals surface area contributed by atoms with Crippen molar-refractivity contribution >= 4 is 30.7 Å². The molecule has 6 heteroatoms. The van der Waals surface area contributed by atoms with Gasteiger partial charge >= 0.3 is 0 Å². The molecule has 2 atom stereocenters. The van der Waals surface area contributed by atoms with Crippen molar-refractivity contribution in [2.45, 2.75) is 32.9 Å². The molecule has 132 valence electrons. The van der Waals surface area contributed by atoms with E-state index in [1.165, 1.54) is 11.1 Å². The van der Waals surface area contributed by atoms with Gasteiger partial charge in [0, 0.05) is 38.1 Å². The first-order valence-electron chi connectivity index (χ1n) is 7.85. The summed E-state index contributed by atoms with van der Waals surface area (Å²) in [6, 6.07) is 9.01. The van der Waals surface area contributed by atoms with E-state index in [1.807, 2.05) is 14.0 Å². The molecule has 4 nitrogen and oxygen atoms in total. The molecule has 0 saturated carbocycles. The Labute approximate surface area is 152 Å². The Morgan fingerprint density at radius 1 is 1.17 bits per heavy atom. The average molecular weight is 362 g/mol. The summed E-state index contributed by atoms with van der Waals surface area (Å²) in [6.45, 7) is 7.64. The summed E-state index contributed by atoms with van der Waals surface area (Å²) >= 11 is 0. The van der Waals surface area contributed by atoms with Crippen LogP contribution in [0, 0.1) is 5.92 Å². The molecule has 23 heavy (non-hydrogen) atoms. The van der Waals surface area contributed by atoms with Gasteiger partial charge in [-0.15, -0.1) is 24.8 Å². The van der Waals surface area contributed by atoms with Gasteiger partial charge < -0.3 is 10.6 Å². The van der Waals surface area contributed by atoms with Crippen LogP contribution in [0.2, 0.25) is 0 Å². The molecule has 1 aromatic carbocycles. The number of rotatable bonds is 6. The molecular weight excluding hydrogens is 333 g/mol. The number of amides is 1. The minimum Gasteiger partial charge on any atom is -0.354 e. The Bertz CT molecular complexity index is 485. The lowest BCUT2D eigenvalue weighted by molar-refractivity contribution is -0.124. The zero-order valence-electron chi connectivity index (χ0n) is 14.2. The number of carbonyl (C=O) groups is 1. The lowest BCUT2D eigenvalue weighted by Crippen LogP contribution is -2.46. The van der Waals surface area contributed by atoms with Crippen LogP contribution in [0.1, 0.15) is 25.0 Å². The summed E-state index contributed by atoms with van der Waals surface area (Å²) in [5.41, 5.74) is 2.89. The topological polar surface area (TPSA) is 44.4 Å². The van der Waals surface area contributed by atoms with Crippen molar-refractivity contribution in [2.75, 3.05) is 26.7 Å². The maximum atomic E-state index is 11.9. The molecule has 0 fully saturated rings. The first-order chi connectivity index (χ1) is 10.1. The van der Waals surface area contributed by atoms with Crippen molar-refractivity contribution in [3.8, 4) is 0 Å². The van der Waals surface area contributed by atoms with Crippen LogP contribution in [0.4, 0.5) is 0 Å². The second-order valence-corrected chi connectivity index (χ2v) is 6.04. The van der Waals surface area contributed by atoms with E-state index in [1.54, 1.807) is 0 Å². The minimum absolute atomic E-state index is 0. The second kappa shape index (κ2) is 10.9. The molecular formula is C17H29Cl2N3O. The number of fused-ring (bicyclic) bond motifs is 1. The number of nitrogens with one attached hydrogen (secondary N) is 2. The molecule has 1 amide bonds. The lowest BCUT2D eigenvalue weighted by atomic mass is 9.99. The third-order valence-corrected chi connectivity index (χ3v) is 4.31. The van der Waals surface area contributed by atoms with Crippen LogP contribution in [0.25, 0.3) is 0 Å². The fourth-order valence-electron chi connectivity index (χ4n) is 2.84. The SMILES string of the molecule is CNCC(C)C(=O)NCC(C)N1CCc2ccccc2C1.Cl.Cl. The number of nitrogens with zero attached hydrogens (tertiary/aromatic N) is 1. The van der Waals surface area contributed by atoms with Crippen molar-refractivity contribution in [3.05, 3.63) is 35.4 Å². The highest BCUT2D eigenvalue weighted by atomic mass is 35.5. The van der Waals surface area contributed by atoms with Crippen molar-refractivity contribution in [1.29, 1.82) is 0 Å². The van der Waals surface area contributed by atoms with E-state index in [0.717, 1.165) is 32.6 Å². The summed E-state index contributed by atoms with van der Waals surface area (Å²) < 4.78 is 0. The molecule has 1 aromatic rings. The largest absolute Gasteiger partial charge is 0.354 e. The van der Waals surface area contributed by atoms with E-state index in [9.17, 15) is 4.79 Å². The second-order valence-electron chi connectivity index (χ2n) is 6.04.